The fourth-order valence-electron chi connectivity index (χ4n) is 4.81. The van der Waals surface area contributed by atoms with E-state index in [0.29, 0.717) is 12.5 Å². The van der Waals surface area contributed by atoms with Gasteiger partial charge in [-0.3, -0.25) is 9.78 Å². The Kier molecular flexibility index (Phi) is 6.69. The summed E-state index contributed by atoms with van der Waals surface area (Å²) < 4.78 is 97.4. The highest BCUT2D eigenvalue weighted by atomic mass is 19.4. The molecule has 0 unspecified atom stereocenters. The van der Waals surface area contributed by atoms with Crippen LogP contribution in [0.4, 0.5) is 36.4 Å². The molecule has 0 bridgehead atoms. The van der Waals surface area contributed by atoms with Crippen molar-refractivity contribution in [3.63, 3.8) is 0 Å². The number of aromatic nitrogens is 1. The number of pyridine rings is 1. The minimum absolute atomic E-state index is 0.00527. The van der Waals surface area contributed by atoms with Gasteiger partial charge in [-0.1, -0.05) is 0 Å². The lowest BCUT2D eigenvalue weighted by molar-refractivity contribution is -0.140. The highest BCUT2D eigenvalue weighted by Gasteiger charge is 2.42. The van der Waals surface area contributed by atoms with Gasteiger partial charge in [0.15, 0.2) is 5.69 Å². The number of nitrogens with one attached hydrogen (secondary N) is 1. The quantitative estimate of drug-likeness (QED) is 0.541. The number of carbonyl (C=O) groups is 1. The number of nitrogens with zero attached hydrogens (tertiary/aromatic N) is 2. The number of amides is 1. The van der Waals surface area contributed by atoms with Crippen molar-refractivity contribution in [1.29, 1.82) is 0 Å². The second kappa shape index (κ2) is 9.20. The normalized spacial score (nSPS) is 22.6. The molecule has 1 amide bonds. The van der Waals surface area contributed by atoms with Crippen molar-refractivity contribution in [3.8, 4) is 11.1 Å². The summed E-state index contributed by atoms with van der Waals surface area (Å²) in [6.45, 7) is 1.94. The summed E-state index contributed by atoms with van der Waals surface area (Å²) in [6, 6.07) is 1.38. The average molecular weight is 518 g/mol. The highest BCUT2D eigenvalue weighted by Crippen LogP contribution is 2.45. The molecular weight excluding hydrogens is 493 g/mol. The van der Waals surface area contributed by atoms with Crippen molar-refractivity contribution in [3.05, 3.63) is 47.3 Å². The van der Waals surface area contributed by atoms with Crippen LogP contribution in [0.3, 0.4) is 0 Å². The molecule has 1 atom stereocenters. The largest absolute Gasteiger partial charge is 0.434 e. The molecule has 1 aliphatic heterocycles. The molecule has 12 heteroatoms. The van der Waals surface area contributed by atoms with Crippen LogP contribution in [-0.4, -0.2) is 41.5 Å². The predicted molar refractivity (Wildman–Crippen MR) is 119 cm³/mol. The van der Waals surface area contributed by atoms with Crippen LogP contribution in [0.25, 0.3) is 11.1 Å². The molecular formula is C24H25F7N4O. The molecule has 5 nitrogen and oxygen atoms in total. The molecule has 36 heavy (non-hydrogen) atoms. The Morgan fingerprint density at radius 3 is 2.25 bits per heavy atom. The Hall–Kier alpha value is -2.89. The van der Waals surface area contributed by atoms with Crippen molar-refractivity contribution in [1.82, 2.24) is 10.3 Å². The molecule has 2 fully saturated rings. The van der Waals surface area contributed by atoms with Gasteiger partial charge in [-0.25, -0.2) is 17.6 Å². The van der Waals surface area contributed by atoms with Crippen molar-refractivity contribution in [2.45, 2.75) is 62.7 Å². The zero-order chi connectivity index (χ0) is 26.5. The number of hydrogen-bond acceptors (Lipinski definition) is 4. The predicted octanol–water partition coefficient (Wildman–Crippen LogP) is 5.28. The highest BCUT2D eigenvalue weighted by molar-refractivity contribution is 6.04. The summed E-state index contributed by atoms with van der Waals surface area (Å²) in [6.07, 6.45) is -4.74. The zero-order valence-electron chi connectivity index (χ0n) is 19.4. The molecule has 4 rings (SSSR count). The molecule has 1 saturated heterocycles. The fraction of sp³-hybridized carbons (Fsp3) is 0.500. The Morgan fingerprint density at radius 2 is 1.72 bits per heavy atom. The summed E-state index contributed by atoms with van der Waals surface area (Å²) in [4.78, 5) is 18.2. The molecule has 0 radical (unpaired) electrons. The van der Waals surface area contributed by atoms with Gasteiger partial charge in [0.2, 0.25) is 5.92 Å². The van der Waals surface area contributed by atoms with Gasteiger partial charge in [0, 0.05) is 55.3 Å². The Labute approximate surface area is 202 Å². The first-order valence-electron chi connectivity index (χ1n) is 11.4. The number of rotatable bonds is 4. The number of nitrogens with two attached hydrogens (primary N) is 1. The van der Waals surface area contributed by atoms with Gasteiger partial charge >= 0.3 is 6.18 Å². The fourth-order valence-corrected chi connectivity index (χ4v) is 4.81. The lowest BCUT2D eigenvalue weighted by Gasteiger charge is -2.31. The monoisotopic (exact) mass is 518 g/mol. The van der Waals surface area contributed by atoms with E-state index in [9.17, 15) is 35.5 Å². The molecule has 2 aliphatic rings. The van der Waals surface area contributed by atoms with E-state index in [1.54, 1.807) is 6.92 Å². The minimum atomic E-state index is -5.01. The maximum Gasteiger partial charge on any atom is 0.434 e. The van der Waals surface area contributed by atoms with Gasteiger partial charge in [0.1, 0.15) is 11.6 Å². The van der Waals surface area contributed by atoms with Crippen LogP contribution in [0.5, 0.6) is 0 Å². The summed E-state index contributed by atoms with van der Waals surface area (Å²) in [7, 11) is 0. The summed E-state index contributed by atoms with van der Waals surface area (Å²) >= 11 is 0. The van der Waals surface area contributed by atoms with Gasteiger partial charge in [0.25, 0.3) is 5.91 Å². The second-order valence-electron chi connectivity index (χ2n) is 9.83. The Morgan fingerprint density at radius 1 is 1.11 bits per heavy atom. The molecule has 1 aliphatic carbocycles. The van der Waals surface area contributed by atoms with E-state index >= 15 is 0 Å². The van der Waals surface area contributed by atoms with Gasteiger partial charge in [-0.05, 0) is 43.9 Å². The van der Waals surface area contributed by atoms with Crippen LogP contribution >= 0.6 is 0 Å². The number of alkyl halides is 5. The third kappa shape index (κ3) is 5.58. The van der Waals surface area contributed by atoms with Crippen LogP contribution in [0.1, 0.15) is 55.1 Å². The maximum atomic E-state index is 14.1. The van der Waals surface area contributed by atoms with E-state index in [-0.39, 0.29) is 37.2 Å². The van der Waals surface area contributed by atoms with E-state index in [0.717, 1.165) is 18.3 Å². The Bertz CT molecular complexity index is 1140. The number of carbonyl (C=O) groups excluding carboxylic acids is 1. The summed E-state index contributed by atoms with van der Waals surface area (Å²) in [5, 5.41) is 2.62. The van der Waals surface area contributed by atoms with Crippen molar-refractivity contribution in [2.75, 3.05) is 18.0 Å². The molecule has 2 aromatic rings. The van der Waals surface area contributed by atoms with E-state index in [1.807, 2.05) is 0 Å². The van der Waals surface area contributed by atoms with Crippen molar-refractivity contribution < 1.29 is 35.5 Å². The van der Waals surface area contributed by atoms with Gasteiger partial charge < -0.3 is 16.0 Å². The molecule has 1 aromatic heterocycles. The lowest BCUT2D eigenvalue weighted by atomic mass is 9.91. The average Bonchev–Trinajstić information content (AvgIpc) is 3.12. The molecule has 0 spiro atoms. The molecule has 1 aromatic carbocycles. The third-order valence-electron chi connectivity index (χ3n) is 6.59. The first kappa shape index (κ1) is 26.2. The van der Waals surface area contributed by atoms with E-state index < -0.39 is 70.9 Å². The van der Waals surface area contributed by atoms with E-state index in [4.69, 9.17) is 5.73 Å². The summed E-state index contributed by atoms with van der Waals surface area (Å²) in [5.74, 6) is -5.86. The molecule has 3 N–H and O–H groups in total. The first-order chi connectivity index (χ1) is 16.7. The van der Waals surface area contributed by atoms with E-state index in [1.165, 1.54) is 4.90 Å². The molecule has 196 valence electrons. The SMILES string of the molecule is C[C@]1(N)CCN(c2c(C(=O)NC3CCC(F)(F)CC3)cnc(C(F)(F)F)c2-c2cc(F)cc(F)c2)C1. The standard InChI is InChI=1S/C24H25F7N4O/c1-22(32)6-7-35(12-22)19-17(21(36)34-16-2-4-23(27,28)5-3-16)11-33-20(24(29,30)31)18(19)13-8-14(25)10-15(26)9-13/h8-11,16H,2-7,12,32H2,1H3,(H,34,36)/t22-/m0/s1. The van der Waals surface area contributed by atoms with E-state index in [2.05, 4.69) is 10.3 Å². The molecule has 1 saturated carbocycles. The van der Waals surface area contributed by atoms with Crippen molar-refractivity contribution in [2.24, 2.45) is 5.73 Å². The minimum Gasteiger partial charge on any atom is -0.368 e. The summed E-state index contributed by atoms with van der Waals surface area (Å²) in [5.41, 5.74) is 2.41. The third-order valence-corrected chi connectivity index (χ3v) is 6.59. The Balaban J connectivity index is 1.86. The van der Waals surface area contributed by atoms with Crippen molar-refractivity contribution >= 4 is 11.6 Å². The van der Waals surface area contributed by atoms with Crippen LogP contribution in [0.2, 0.25) is 0 Å². The second-order valence-corrected chi connectivity index (χ2v) is 9.83. The zero-order valence-corrected chi connectivity index (χ0v) is 19.4. The number of hydrogen-bond donors (Lipinski definition) is 2. The maximum absolute atomic E-state index is 14.1. The first-order valence-corrected chi connectivity index (χ1v) is 11.4. The van der Waals surface area contributed by atoms with Gasteiger partial charge in [0.05, 0.1) is 11.3 Å². The number of anilines is 1. The topological polar surface area (TPSA) is 71.2 Å². The van der Waals surface area contributed by atoms with Crippen LogP contribution in [0, 0.1) is 11.6 Å². The number of halogens is 7. The van der Waals surface area contributed by atoms with Crippen LogP contribution in [0.15, 0.2) is 24.4 Å². The smallest absolute Gasteiger partial charge is 0.368 e. The number of benzene rings is 1. The van der Waals surface area contributed by atoms with Crippen LogP contribution < -0.4 is 16.0 Å². The van der Waals surface area contributed by atoms with Gasteiger partial charge in [-0.15, -0.1) is 0 Å². The molecule has 2 heterocycles. The lowest BCUT2D eigenvalue weighted by Crippen LogP contribution is -2.42. The van der Waals surface area contributed by atoms with Crippen LogP contribution in [-0.2, 0) is 6.18 Å². The van der Waals surface area contributed by atoms with Gasteiger partial charge in [-0.2, -0.15) is 13.2 Å².